The van der Waals surface area contributed by atoms with Crippen molar-refractivity contribution < 1.29 is 9.30 Å². The monoisotopic (exact) mass is 418 g/mol. The molecule has 4 aromatic carbocycles. The van der Waals surface area contributed by atoms with E-state index >= 15 is 0 Å². The first-order valence-corrected chi connectivity index (χ1v) is 11.5. The maximum Gasteiger partial charge on any atom is 0.228 e. The van der Waals surface area contributed by atoms with Gasteiger partial charge in [0.2, 0.25) is 5.69 Å². The average molecular weight is 419 g/mol. The first kappa shape index (κ1) is 19.3. The molecule has 0 spiro atoms. The van der Waals surface area contributed by atoms with Crippen molar-refractivity contribution in [2.75, 3.05) is 0 Å². The van der Waals surface area contributed by atoms with Gasteiger partial charge in [0.15, 0.2) is 6.20 Å². The number of rotatable bonds is 2. The zero-order valence-electron chi connectivity index (χ0n) is 19.4. The van der Waals surface area contributed by atoms with Crippen molar-refractivity contribution in [3.8, 4) is 22.8 Å². The molecule has 2 heterocycles. The summed E-state index contributed by atoms with van der Waals surface area (Å²) in [6.45, 7) is 8.98. The molecule has 2 nitrogen and oxygen atoms in total. The minimum absolute atomic E-state index is 0.537. The third kappa shape index (κ3) is 2.62. The van der Waals surface area contributed by atoms with Crippen LogP contribution in [0.5, 0.6) is 11.5 Å². The van der Waals surface area contributed by atoms with Crippen molar-refractivity contribution in [2.24, 2.45) is 13.0 Å². The van der Waals surface area contributed by atoms with Crippen molar-refractivity contribution in [1.82, 2.24) is 0 Å². The van der Waals surface area contributed by atoms with Gasteiger partial charge in [0.25, 0.3) is 0 Å². The van der Waals surface area contributed by atoms with E-state index in [-0.39, 0.29) is 0 Å². The Bertz CT molecular complexity index is 1580. The highest BCUT2D eigenvalue weighted by molar-refractivity contribution is 6.13. The molecular formula is C30H28NO+. The van der Waals surface area contributed by atoms with E-state index in [1.807, 2.05) is 0 Å². The number of ether oxygens (including phenoxy) is 1. The highest BCUT2D eigenvalue weighted by Crippen LogP contribution is 2.52. The van der Waals surface area contributed by atoms with Crippen molar-refractivity contribution in [2.45, 2.75) is 34.1 Å². The molecule has 2 heteroatoms. The summed E-state index contributed by atoms with van der Waals surface area (Å²) in [5.41, 5.74) is 6.38. The van der Waals surface area contributed by atoms with Gasteiger partial charge >= 0.3 is 0 Å². The minimum atomic E-state index is 0.537. The molecule has 0 N–H and O–H groups in total. The van der Waals surface area contributed by atoms with Crippen LogP contribution in [0.2, 0.25) is 0 Å². The first-order chi connectivity index (χ1) is 15.4. The van der Waals surface area contributed by atoms with E-state index in [4.69, 9.17) is 4.74 Å². The van der Waals surface area contributed by atoms with Crippen LogP contribution < -0.4 is 9.30 Å². The Morgan fingerprint density at radius 3 is 2.41 bits per heavy atom. The summed E-state index contributed by atoms with van der Waals surface area (Å²) < 4.78 is 9.24. The highest BCUT2D eigenvalue weighted by Gasteiger charge is 2.33. The van der Waals surface area contributed by atoms with E-state index in [0.717, 1.165) is 17.9 Å². The summed E-state index contributed by atoms with van der Waals surface area (Å²) in [6.07, 6.45) is 3.18. The van der Waals surface area contributed by atoms with Crippen LogP contribution in [0.1, 0.15) is 30.5 Å². The molecule has 5 aromatic rings. The van der Waals surface area contributed by atoms with Crippen LogP contribution in [0, 0.1) is 19.8 Å². The molecule has 0 radical (unpaired) electrons. The molecule has 158 valence electrons. The first-order valence-electron chi connectivity index (χ1n) is 11.5. The Morgan fingerprint density at radius 1 is 0.844 bits per heavy atom. The van der Waals surface area contributed by atoms with Crippen molar-refractivity contribution in [1.29, 1.82) is 0 Å². The van der Waals surface area contributed by atoms with Crippen LogP contribution in [-0.2, 0) is 13.5 Å². The van der Waals surface area contributed by atoms with Gasteiger partial charge in [0, 0.05) is 17.0 Å². The lowest BCUT2D eigenvalue weighted by Crippen LogP contribution is -2.32. The van der Waals surface area contributed by atoms with E-state index in [1.165, 1.54) is 60.3 Å². The SMILES string of the molecule is Cc1ccc2c3c4c([n+](C)ccc4cc2c1)-c1c(c(CC(C)C)c2ccccc2c1C)O3. The van der Waals surface area contributed by atoms with Gasteiger partial charge in [-0.15, -0.1) is 0 Å². The zero-order chi connectivity index (χ0) is 22.1. The number of fused-ring (bicyclic) bond motifs is 5. The summed E-state index contributed by atoms with van der Waals surface area (Å²) in [5.74, 6) is 2.57. The van der Waals surface area contributed by atoms with Crippen molar-refractivity contribution in [3.63, 3.8) is 0 Å². The second kappa shape index (κ2) is 6.80. The van der Waals surface area contributed by atoms with Gasteiger partial charge < -0.3 is 4.74 Å². The van der Waals surface area contributed by atoms with E-state index in [2.05, 4.69) is 100 Å². The van der Waals surface area contributed by atoms with E-state index < -0.39 is 0 Å². The fraction of sp³-hybridized carbons (Fsp3) is 0.233. The van der Waals surface area contributed by atoms with Gasteiger partial charge in [-0.05, 0) is 59.4 Å². The van der Waals surface area contributed by atoms with E-state index in [1.54, 1.807) is 0 Å². The molecule has 0 saturated heterocycles. The largest absolute Gasteiger partial charge is 0.455 e. The second-order valence-electron chi connectivity index (χ2n) is 9.72. The number of benzene rings is 4. The molecule has 0 fully saturated rings. The molecular weight excluding hydrogens is 390 g/mol. The molecule has 32 heavy (non-hydrogen) atoms. The summed E-state index contributed by atoms with van der Waals surface area (Å²) in [4.78, 5) is 0. The van der Waals surface area contributed by atoms with Crippen LogP contribution in [0.3, 0.4) is 0 Å². The zero-order valence-corrected chi connectivity index (χ0v) is 19.4. The molecule has 6 rings (SSSR count). The average Bonchev–Trinajstić information content (AvgIpc) is 2.77. The normalized spacial score (nSPS) is 12.6. The van der Waals surface area contributed by atoms with Gasteiger partial charge in [0.05, 0.1) is 10.9 Å². The lowest BCUT2D eigenvalue weighted by Gasteiger charge is -2.26. The smallest absolute Gasteiger partial charge is 0.228 e. The fourth-order valence-electron chi connectivity index (χ4n) is 5.50. The van der Waals surface area contributed by atoms with Gasteiger partial charge in [-0.25, -0.2) is 4.57 Å². The molecule has 0 atom stereocenters. The number of nitrogens with zero attached hydrogens (tertiary/aromatic N) is 1. The van der Waals surface area contributed by atoms with Gasteiger partial charge in [-0.3, -0.25) is 0 Å². The van der Waals surface area contributed by atoms with E-state index in [9.17, 15) is 0 Å². The molecule has 0 unspecified atom stereocenters. The number of hydrogen-bond acceptors (Lipinski definition) is 1. The van der Waals surface area contributed by atoms with Gasteiger partial charge in [-0.1, -0.05) is 61.9 Å². The fourth-order valence-corrected chi connectivity index (χ4v) is 5.50. The second-order valence-corrected chi connectivity index (χ2v) is 9.72. The summed E-state index contributed by atoms with van der Waals surface area (Å²) in [7, 11) is 2.16. The Kier molecular flexibility index (Phi) is 4.10. The summed E-state index contributed by atoms with van der Waals surface area (Å²) in [5, 5.41) is 7.50. The molecule has 0 aliphatic carbocycles. The third-order valence-corrected chi connectivity index (χ3v) is 6.93. The molecule has 0 amide bonds. The predicted molar refractivity (Wildman–Crippen MR) is 134 cm³/mol. The third-order valence-electron chi connectivity index (χ3n) is 6.93. The minimum Gasteiger partial charge on any atom is -0.455 e. The Hall–Kier alpha value is -3.39. The van der Waals surface area contributed by atoms with Crippen LogP contribution >= 0.6 is 0 Å². The van der Waals surface area contributed by atoms with Crippen LogP contribution in [0.25, 0.3) is 43.6 Å². The quantitative estimate of drug-likeness (QED) is 0.209. The number of aromatic nitrogens is 1. The number of aryl methyl sites for hydroxylation is 3. The van der Waals surface area contributed by atoms with Gasteiger partial charge in [-0.2, -0.15) is 0 Å². The Morgan fingerprint density at radius 2 is 1.62 bits per heavy atom. The van der Waals surface area contributed by atoms with Crippen molar-refractivity contribution in [3.05, 3.63) is 77.5 Å². The molecule has 0 saturated carbocycles. The van der Waals surface area contributed by atoms with Crippen LogP contribution in [-0.4, -0.2) is 0 Å². The lowest BCUT2D eigenvalue weighted by molar-refractivity contribution is -0.659. The number of hydrogen-bond donors (Lipinski definition) is 0. The van der Waals surface area contributed by atoms with Crippen LogP contribution in [0.15, 0.2) is 60.8 Å². The molecule has 0 bridgehead atoms. The van der Waals surface area contributed by atoms with E-state index in [0.29, 0.717) is 5.92 Å². The summed E-state index contributed by atoms with van der Waals surface area (Å²) >= 11 is 0. The highest BCUT2D eigenvalue weighted by atomic mass is 16.5. The number of pyridine rings is 1. The Labute approximate surface area is 189 Å². The standard InChI is InChI=1S/C30H28NO/c1-17(2)14-25-24-9-7-6-8-22(24)19(4)26-28-27-20(12-13-31(28)5)16-21-15-18(3)10-11-23(21)29(27)32-30(25)26/h6-13,15-17H,14H2,1-5H3/q+1. The predicted octanol–water partition coefficient (Wildman–Crippen LogP) is 7.56. The molecule has 1 aliphatic rings. The van der Waals surface area contributed by atoms with Crippen molar-refractivity contribution >= 4 is 32.3 Å². The lowest BCUT2D eigenvalue weighted by atomic mass is 9.85. The molecule has 1 aromatic heterocycles. The molecule has 1 aliphatic heterocycles. The maximum atomic E-state index is 6.97. The Balaban J connectivity index is 1.84. The maximum absolute atomic E-state index is 6.97. The van der Waals surface area contributed by atoms with Gasteiger partial charge in [0.1, 0.15) is 18.5 Å². The van der Waals surface area contributed by atoms with Crippen LogP contribution in [0.4, 0.5) is 0 Å². The topological polar surface area (TPSA) is 13.1 Å². The summed E-state index contributed by atoms with van der Waals surface area (Å²) in [6, 6.07) is 20.0.